The lowest BCUT2D eigenvalue weighted by atomic mass is 9.99. The zero-order chi connectivity index (χ0) is 12.6. The van der Waals surface area contributed by atoms with Gasteiger partial charge in [-0.15, -0.1) is 0 Å². The van der Waals surface area contributed by atoms with E-state index in [2.05, 4.69) is 0 Å². The summed E-state index contributed by atoms with van der Waals surface area (Å²) in [5.41, 5.74) is 0.687. The van der Waals surface area contributed by atoms with Crippen LogP contribution in [0, 0.1) is 0 Å². The molecule has 0 aliphatic carbocycles. The maximum atomic E-state index is 10.7. The van der Waals surface area contributed by atoms with E-state index in [0.717, 1.165) is 0 Å². The number of ether oxygens (including phenoxy) is 2. The van der Waals surface area contributed by atoms with E-state index >= 15 is 0 Å². The molecule has 0 spiro atoms. The van der Waals surface area contributed by atoms with Crippen LogP contribution in [0.1, 0.15) is 12.5 Å². The molecule has 0 amide bonds. The van der Waals surface area contributed by atoms with Gasteiger partial charge >= 0.3 is 0 Å². The van der Waals surface area contributed by atoms with E-state index in [1.807, 2.05) is 48.5 Å². The zero-order valence-corrected chi connectivity index (χ0v) is 10.0. The van der Waals surface area contributed by atoms with Crippen molar-refractivity contribution in [3.8, 4) is 11.5 Å². The van der Waals surface area contributed by atoms with E-state index in [1.54, 1.807) is 13.0 Å². The van der Waals surface area contributed by atoms with Gasteiger partial charge < -0.3 is 14.6 Å². The van der Waals surface area contributed by atoms with E-state index < -0.39 is 11.9 Å². The Morgan fingerprint density at radius 2 is 1.56 bits per heavy atom. The number of hydrogen-bond donors (Lipinski definition) is 1. The van der Waals surface area contributed by atoms with Crippen LogP contribution in [0.3, 0.4) is 0 Å². The molecule has 1 heterocycles. The molecule has 92 valence electrons. The Morgan fingerprint density at radius 1 is 0.944 bits per heavy atom. The molecule has 1 aliphatic rings. The standard InChI is InChI=1S/C15H14O3/c1-11-15(16,12-7-3-2-4-8-12)18-14-10-6-5-9-13(14)17-11/h2-11,16H,1H3/t11-,15-/m0/s1. The third-order valence-corrected chi connectivity index (χ3v) is 3.16. The lowest BCUT2D eigenvalue weighted by molar-refractivity contribution is -0.216. The van der Waals surface area contributed by atoms with Gasteiger partial charge in [0.05, 0.1) is 0 Å². The highest BCUT2D eigenvalue weighted by atomic mass is 16.7. The van der Waals surface area contributed by atoms with Crippen molar-refractivity contribution in [2.75, 3.05) is 0 Å². The first-order valence-corrected chi connectivity index (χ1v) is 5.93. The van der Waals surface area contributed by atoms with Crippen LogP contribution < -0.4 is 9.47 Å². The average Bonchev–Trinajstić information content (AvgIpc) is 2.41. The van der Waals surface area contributed by atoms with Crippen LogP contribution >= 0.6 is 0 Å². The maximum Gasteiger partial charge on any atom is 0.272 e. The fourth-order valence-corrected chi connectivity index (χ4v) is 2.12. The highest BCUT2D eigenvalue weighted by molar-refractivity contribution is 5.42. The summed E-state index contributed by atoms with van der Waals surface area (Å²) in [6.45, 7) is 1.79. The molecule has 0 saturated heterocycles. The first-order chi connectivity index (χ1) is 8.70. The van der Waals surface area contributed by atoms with Crippen LogP contribution in [0.5, 0.6) is 11.5 Å². The minimum atomic E-state index is -1.45. The van der Waals surface area contributed by atoms with Gasteiger partial charge in [-0.1, -0.05) is 42.5 Å². The summed E-state index contributed by atoms with van der Waals surface area (Å²) in [7, 11) is 0. The topological polar surface area (TPSA) is 38.7 Å². The second kappa shape index (κ2) is 4.03. The van der Waals surface area contributed by atoms with Gasteiger partial charge in [0.15, 0.2) is 17.6 Å². The van der Waals surface area contributed by atoms with Crippen LogP contribution in [0.4, 0.5) is 0 Å². The van der Waals surface area contributed by atoms with Crippen molar-refractivity contribution in [1.82, 2.24) is 0 Å². The molecular weight excluding hydrogens is 228 g/mol. The number of rotatable bonds is 1. The van der Waals surface area contributed by atoms with E-state index in [0.29, 0.717) is 17.1 Å². The molecule has 3 heteroatoms. The molecule has 0 aromatic heterocycles. The Morgan fingerprint density at radius 3 is 2.28 bits per heavy atom. The van der Waals surface area contributed by atoms with Crippen LogP contribution in [0.2, 0.25) is 0 Å². The second-order valence-electron chi connectivity index (χ2n) is 4.37. The monoisotopic (exact) mass is 242 g/mol. The average molecular weight is 242 g/mol. The number of para-hydroxylation sites is 2. The van der Waals surface area contributed by atoms with Crippen LogP contribution in [0.25, 0.3) is 0 Å². The molecule has 3 nitrogen and oxygen atoms in total. The smallest absolute Gasteiger partial charge is 0.272 e. The van der Waals surface area contributed by atoms with Crippen molar-refractivity contribution in [3.63, 3.8) is 0 Å². The molecule has 1 N–H and O–H groups in total. The molecule has 2 aromatic rings. The van der Waals surface area contributed by atoms with Gasteiger partial charge in [0, 0.05) is 5.56 Å². The molecule has 3 rings (SSSR count). The van der Waals surface area contributed by atoms with Gasteiger partial charge in [-0.2, -0.15) is 0 Å². The SMILES string of the molecule is C[C@@H]1Oc2ccccc2O[C@]1(O)c1ccccc1. The summed E-state index contributed by atoms with van der Waals surface area (Å²) < 4.78 is 11.5. The third kappa shape index (κ3) is 1.64. The highest BCUT2D eigenvalue weighted by Gasteiger charge is 2.44. The molecule has 0 radical (unpaired) electrons. The Labute approximate surface area is 106 Å². The van der Waals surface area contributed by atoms with Gasteiger partial charge in [-0.3, -0.25) is 0 Å². The van der Waals surface area contributed by atoms with Crippen molar-refractivity contribution < 1.29 is 14.6 Å². The second-order valence-corrected chi connectivity index (χ2v) is 4.37. The van der Waals surface area contributed by atoms with Crippen LogP contribution in [0.15, 0.2) is 54.6 Å². The van der Waals surface area contributed by atoms with Crippen molar-refractivity contribution in [2.24, 2.45) is 0 Å². The third-order valence-electron chi connectivity index (χ3n) is 3.16. The van der Waals surface area contributed by atoms with Crippen molar-refractivity contribution >= 4 is 0 Å². The lowest BCUT2D eigenvalue weighted by Crippen LogP contribution is -2.48. The van der Waals surface area contributed by atoms with Gasteiger partial charge in [0.25, 0.3) is 5.79 Å². The molecule has 2 atom stereocenters. The molecular formula is C15H14O3. The maximum absolute atomic E-state index is 10.7. The van der Waals surface area contributed by atoms with E-state index in [9.17, 15) is 5.11 Å². The predicted octanol–water partition coefficient (Wildman–Crippen LogP) is 2.69. The van der Waals surface area contributed by atoms with E-state index in [-0.39, 0.29) is 0 Å². The number of hydrogen-bond acceptors (Lipinski definition) is 3. The van der Waals surface area contributed by atoms with Crippen LogP contribution in [-0.2, 0) is 5.79 Å². The summed E-state index contributed by atoms with van der Waals surface area (Å²) in [6, 6.07) is 16.6. The molecule has 1 aliphatic heterocycles. The first kappa shape index (κ1) is 11.1. The molecule has 18 heavy (non-hydrogen) atoms. The lowest BCUT2D eigenvalue weighted by Gasteiger charge is -2.39. The summed E-state index contributed by atoms with van der Waals surface area (Å²) >= 11 is 0. The summed E-state index contributed by atoms with van der Waals surface area (Å²) in [5.74, 6) is -0.233. The molecule has 0 unspecified atom stereocenters. The fourth-order valence-electron chi connectivity index (χ4n) is 2.12. The minimum absolute atomic E-state index is 0.477. The highest BCUT2D eigenvalue weighted by Crippen LogP contribution is 2.41. The summed E-state index contributed by atoms with van der Waals surface area (Å²) in [5, 5.41) is 10.7. The quantitative estimate of drug-likeness (QED) is 0.835. The first-order valence-electron chi connectivity index (χ1n) is 5.93. The zero-order valence-electron chi connectivity index (χ0n) is 10.0. The van der Waals surface area contributed by atoms with Gasteiger partial charge in [0.2, 0.25) is 0 Å². The Bertz CT molecular complexity index is 553. The Hall–Kier alpha value is -2.00. The summed E-state index contributed by atoms with van der Waals surface area (Å²) in [4.78, 5) is 0. The molecule has 2 aromatic carbocycles. The van der Waals surface area contributed by atoms with Gasteiger partial charge in [-0.05, 0) is 19.1 Å². The van der Waals surface area contributed by atoms with Crippen LogP contribution in [-0.4, -0.2) is 11.2 Å². The Balaban J connectivity index is 2.05. The van der Waals surface area contributed by atoms with Gasteiger partial charge in [-0.25, -0.2) is 0 Å². The van der Waals surface area contributed by atoms with E-state index in [1.165, 1.54) is 0 Å². The normalized spacial score (nSPS) is 25.8. The van der Waals surface area contributed by atoms with Crippen molar-refractivity contribution in [1.29, 1.82) is 0 Å². The summed E-state index contributed by atoms with van der Waals surface area (Å²) in [6.07, 6.45) is -0.477. The largest absolute Gasteiger partial charge is 0.480 e. The Kier molecular flexibility index (Phi) is 2.49. The number of aliphatic hydroxyl groups is 1. The number of benzene rings is 2. The minimum Gasteiger partial charge on any atom is -0.480 e. The van der Waals surface area contributed by atoms with E-state index in [4.69, 9.17) is 9.47 Å². The predicted molar refractivity (Wildman–Crippen MR) is 67.5 cm³/mol. The molecule has 0 fully saturated rings. The van der Waals surface area contributed by atoms with Gasteiger partial charge in [0.1, 0.15) is 0 Å². The number of fused-ring (bicyclic) bond motifs is 1. The molecule has 0 bridgehead atoms. The fraction of sp³-hybridized carbons (Fsp3) is 0.200. The van der Waals surface area contributed by atoms with Crippen molar-refractivity contribution in [2.45, 2.75) is 18.8 Å². The van der Waals surface area contributed by atoms with Crippen molar-refractivity contribution in [3.05, 3.63) is 60.2 Å². The molecule has 0 saturated carbocycles.